The molecule has 0 bridgehead atoms. The van der Waals surface area contributed by atoms with Crippen molar-refractivity contribution in [2.24, 2.45) is 11.3 Å². The first-order valence-corrected chi connectivity index (χ1v) is 6.94. The average molecular weight is 210 g/mol. The molecule has 2 rings (SSSR count). The lowest BCUT2D eigenvalue weighted by Gasteiger charge is -2.38. The van der Waals surface area contributed by atoms with Gasteiger partial charge in [-0.25, -0.2) is 0 Å². The summed E-state index contributed by atoms with van der Waals surface area (Å²) in [6.07, 6.45) is 13.4. The SMILES string of the molecule is CCCC(O)C1CCC2(CCCC2)CC1. The van der Waals surface area contributed by atoms with E-state index < -0.39 is 0 Å². The maximum Gasteiger partial charge on any atom is 0.0568 e. The van der Waals surface area contributed by atoms with Gasteiger partial charge < -0.3 is 5.11 Å². The van der Waals surface area contributed by atoms with E-state index in [0.717, 1.165) is 18.3 Å². The van der Waals surface area contributed by atoms with Crippen LogP contribution in [0.1, 0.15) is 71.1 Å². The van der Waals surface area contributed by atoms with Crippen molar-refractivity contribution in [3.05, 3.63) is 0 Å². The van der Waals surface area contributed by atoms with Gasteiger partial charge >= 0.3 is 0 Å². The Morgan fingerprint density at radius 2 is 1.73 bits per heavy atom. The summed E-state index contributed by atoms with van der Waals surface area (Å²) in [5, 5.41) is 10.0. The zero-order chi connectivity index (χ0) is 10.7. The van der Waals surface area contributed by atoms with Crippen molar-refractivity contribution in [3.63, 3.8) is 0 Å². The van der Waals surface area contributed by atoms with Crippen molar-refractivity contribution in [2.75, 3.05) is 0 Å². The van der Waals surface area contributed by atoms with Crippen molar-refractivity contribution in [1.82, 2.24) is 0 Å². The molecular formula is C14H26O. The highest BCUT2D eigenvalue weighted by Gasteiger charge is 2.38. The minimum atomic E-state index is -0.00578. The molecule has 0 aromatic carbocycles. The van der Waals surface area contributed by atoms with Crippen LogP contribution in [0.15, 0.2) is 0 Å². The highest BCUT2D eigenvalue weighted by molar-refractivity contribution is 4.90. The molecule has 1 unspecified atom stereocenters. The van der Waals surface area contributed by atoms with Gasteiger partial charge in [0.25, 0.3) is 0 Å². The van der Waals surface area contributed by atoms with Crippen molar-refractivity contribution in [1.29, 1.82) is 0 Å². The van der Waals surface area contributed by atoms with E-state index in [9.17, 15) is 5.11 Å². The van der Waals surface area contributed by atoms with Crippen LogP contribution in [0.4, 0.5) is 0 Å². The molecule has 2 saturated carbocycles. The maximum atomic E-state index is 10.0. The summed E-state index contributed by atoms with van der Waals surface area (Å²) in [6.45, 7) is 2.17. The van der Waals surface area contributed by atoms with Crippen molar-refractivity contribution >= 4 is 0 Å². The molecule has 1 N–H and O–H groups in total. The van der Waals surface area contributed by atoms with Crippen LogP contribution in [0.2, 0.25) is 0 Å². The second-order valence-corrected chi connectivity index (χ2v) is 5.90. The predicted molar refractivity (Wildman–Crippen MR) is 63.8 cm³/mol. The molecule has 1 atom stereocenters. The van der Waals surface area contributed by atoms with E-state index in [1.165, 1.54) is 51.4 Å². The third kappa shape index (κ3) is 2.55. The van der Waals surface area contributed by atoms with E-state index in [1.54, 1.807) is 0 Å². The van der Waals surface area contributed by atoms with Gasteiger partial charge in [0.15, 0.2) is 0 Å². The molecular weight excluding hydrogens is 184 g/mol. The lowest BCUT2D eigenvalue weighted by atomic mass is 9.68. The molecule has 88 valence electrons. The average Bonchev–Trinajstić information content (AvgIpc) is 2.68. The number of hydrogen-bond donors (Lipinski definition) is 1. The molecule has 0 heterocycles. The fourth-order valence-electron chi connectivity index (χ4n) is 3.79. The quantitative estimate of drug-likeness (QED) is 0.749. The Morgan fingerprint density at radius 3 is 2.27 bits per heavy atom. The fourth-order valence-corrected chi connectivity index (χ4v) is 3.79. The van der Waals surface area contributed by atoms with Crippen LogP contribution in [-0.2, 0) is 0 Å². The Bertz CT molecular complexity index is 184. The number of aliphatic hydroxyl groups is 1. The normalized spacial score (nSPS) is 28.4. The number of aliphatic hydroxyl groups excluding tert-OH is 1. The minimum absolute atomic E-state index is 0.00578. The summed E-state index contributed by atoms with van der Waals surface area (Å²) in [5.74, 6) is 0.621. The van der Waals surface area contributed by atoms with Gasteiger partial charge in [0.05, 0.1) is 6.10 Å². The van der Waals surface area contributed by atoms with Crippen LogP contribution >= 0.6 is 0 Å². The lowest BCUT2D eigenvalue weighted by Crippen LogP contribution is -2.30. The minimum Gasteiger partial charge on any atom is -0.393 e. The first-order valence-electron chi connectivity index (χ1n) is 6.94. The third-order valence-electron chi connectivity index (χ3n) is 4.88. The van der Waals surface area contributed by atoms with Gasteiger partial charge in [-0.1, -0.05) is 26.2 Å². The molecule has 0 saturated heterocycles. The van der Waals surface area contributed by atoms with Gasteiger partial charge in [-0.05, 0) is 56.3 Å². The largest absolute Gasteiger partial charge is 0.393 e. The van der Waals surface area contributed by atoms with Crippen molar-refractivity contribution in [3.8, 4) is 0 Å². The van der Waals surface area contributed by atoms with Gasteiger partial charge in [0.2, 0.25) is 0 Å². The van der Waals surface area contributed by atoms with Crippen LogP contribution in [-0.4, -0.2) is 11.2 Å². The highest BCUT2D eigenvalue weighted by Crippen LogP contribution is 2.50. The Balaban J connectivity index is 1.81. The van der Waals surface area contributed by atoms with Crippen molar-refractivity contribution in [2.45, 2.75) is 77.2 Å². The summed E-state index contributed by atoms with van der Waals surface area (Å²) in [5.41, 5.74) is 0.725. The van der Waals surface area contributed by atoms with Gasteiger partial charge in [-0.15, -0.1) is 0 Å². The standard InChI is InChI=1S/C14H26O/c1-2-5-13(15)12-6-10-14(11-7-12)8-3-4-9-14/h12-13,15H,2-11H2,1H3. The Kier molecular flexibility index (Phi) is 3.71. The summed E-state index contributed by atoms with van der Waals surface area (Å²) in [6, 6.07) is 0. The molecule has 0 aromatic rings. The summed E-state index contributed by atoms with van der Waals surface area (Å²) in [7, 11) is 0. The molecule has 1 nitrogen and oxygen atoms in total. The second-order valence-electron chi connectivity index (χ2n) is 5.90. The molecule has 0 radical (unpaired) electrons. The summed E-state index contributed by atoms with van der Waals surface area (Å²) < 4.78 is 0. The van der Waals surface area contributed by atoms with Gasteiger partial charge in [-0.3, -0.25) is 0 Å². The molecule has 15 heavy (non-hydrogen) atoms. The first-order chi connectivity index (χ1) is 7.26. The number of rotatable bonds is 3. The van der Waals surface area contributed by atoms with E-state index in [2.05, 4.69) is 6.92 Å². The molecule has 1 heteroatoms. The predicted octanol–water partition coefficient (Wildman–Crippen LogP) is 3.90. The Hall–Kier alpha value is -0.0400. The topological polar surface area (TPSA) is 20.2 Å². The highest BCUT2D eigenvalue weighted by atomic mass is 16.3. The summed E-state index contributed by atoms with van der Waals surface area (Å²) >= 11 is 0. The molecule has 2 aliphatic carbocycles. The zero-order valence-corrected chi connectivity index (χ0v) is 10.2. The van der Waals surface area contributed by atoms with Crippen LogP contribution in [0.25, 0.3) is 0 Å². The molecule has 2 aliphatic rings. The van der Waals surface area contributed by atoms with Crippen LogP contribution in [0.3, 0.4) is 0 Å². The maximum absolute atomic E-state index is 10.0. The van der Waals surface area contributed by atoms with Gasteiger partial charge in [0, 0.05) is 0 Å². The van der Waals surface area contributed by atoms with E-state index >= 15 is 0 Å². The van der Waals surface area contributed by atoms with E-state index in [0.29, 0.717) is 5.92 Å². The monoisotopic (exact) mass is 210 g/mol. The van der Waals surface area contributed by atoms with Crippen molar-refractivity contribution < 1.29 is 5.11 Å². The molecule has 1 spiro atoms. The molecule has 2 fully saturated rings. The van der Waals surface area contributed by atoms with E-state index in [1.807, 2.05) is 0 Å². The fraction of sp³-hybridized carbons (Fsp3) is 1.00. The van der Waals surface area contributed by atoms with Crippen LogP contribution < -0.4 is 0 Å². The number of hydrogen-bond acceptors (Lipinski definition) is 1. The molecule has 0 amide bonds. The van der Waals surface area contributed by atoms with E-state index in [4.69, 9.17) is 0 Å². The van der Waals surface area contributed by atoms with E-state index in [-0.39, 0.29) is 6.10 Å². The van der Waals surface area contributed by atoms with Gasteiger partial charge in [-0.2, -0.15) is 0 Å². The van der Waals surface area contributed by atoms with Crippen LogP contribution in [0, 0.1) is 11.3 Å². The first kappa shape index (κ1) is 11.4. The third-order valence-corrected chi connectivity index (χ3v) is 4.88. The Labute approximate surface area is 94.3 Å². The second kappa shape index (κ2) is 4.86. The summed E-state index contributed by atoms with van der Waals surface area (Å²) in [4.78, 5) is 0. The smallest absolute Gasteiger partial charge is 0.0568 e. The molecule has 0 aliphatic heterocycles. The lowest BCUT2D eigenvalue weighted by molar-refractivity contribution is 0.0427. The van der Waals surface area contributed by atoms with Gasteiger partial charge in [0.1, 0.15) is 0 Å². The van der Waals surface area contributed by atoms with Crippen LogP contribution in [0.5, 0.6) is 0 Å². The zero-order valence-electron chi connectivity index (χ0n) is 10.2. The molecule has 0 aromatic heterocycles. The Morgan fingerprint density at radius 1 is 1.13 bits per heavy atom.